The first kappa shape index (κ1) is 12.2. The van der Waals surface area contributed by atoms with Gasteiger partial charge in [0.25, 0.3) is 0 Å². The van der Waals surface area contributed by atoms with Crippen LogP contribution in [0.25, 0.3) is 0 Å². The van der Waals surface area contributed by atoms with Gasteiger partial charge in [-0.1, -0.05) is 23.8 Å². The molecule has 5 rings (SSSR count). The first-order valence-electron chi connectivity index (χ1n) is 7.58. The van der Waals surface area contributed by atoms with Crippen molar-refractivity contribution in [1.29, 1.82) is 0 Å². The van der Waals surface area contributed by atoms with Gasteiger partial charge >= 0.3 is 0 Å². The molecule has 104 valence electrons. The summed E-state index contributed by atoms with van der Waals surface area (Å²) in [6.07, 6.45) is 4.47. The molecule has 3 heteroatoms. The lowest BCUT2D eigenvalue weighted by atomic mass is 9.65. The molecule has 20 heavy (non-hydrogen) atoms. The van der Waals surface area contributed by atoms with E-state index in [9.17, 15) is 4.79 Å². The lowest BCUT2D eigenvalue weighted by Gasteiger charge is -2.53. The first-order chi connectivity index (χ1) is 9.78. The molecule has 1 N–H and O–H groups in total. The third-order valence-corrected chi connectivity index (χ3v) is 4.99. The molecule has 3 heterocycles. The summed E-state index contributed by atoms with van der Waals surface area (Å²) in [5, 5.41) is 2.97. The Morgan fingerprint density at radius 3 is 2.45 bits per heavy atom. The monoisotopic (exact) mass is 268 g/mol. The number of para-hydroxylation sites is 1. The van der Waals surface area contributed by atoms with Crippen molar-refractivity contribution < 1.29 is 4.79 Å². The van der Waals surface area contributed by atoms with Crippen molar-refractivity contribution in [2.75, 3.05) is 25.0 Å². The minimum Gasteiger partial charge on any atom is -0.323 e. The topological polar surface area (TPSA) is 32.3 Å². The predicted octanol–water partition coefficient (Wildman–Crippen LogP) is 2.52. The van der Waals surface area contributed by atoms with Gasteiger partial charge in [0, 0.05) is 31.4 Å². The van der Waals surface area contributed by atoms with E-state index in [0.717, 1.165) is 24.7 Å². The van der Waals surface area contributed by atoms with Crippen LogP contribution in [-0.2, 0) is 4.79 Å². The molecule has 3 nitrogen and oxygen atoms in total. The number of piperidine rings is 3. The van der Waals surface area contributed by atoms with E-state index < -0.39 is 0 Å². The molecule has 1 aromatic rings. The number of carbonyl (C=O) groups is 1. The van der Waals surface area contributed by atoms with Gasteiger partial charge in [0.05, 0.1) is 0 Å². The van der Waals surface area contributed by atoms with Crippen molar-refractivity contribution in [2.45, 2.75) is 12.8 Å². The maximum absolute atomic E-state index is 12.2. The second kappa shape index (κ2) is 4.74. The van der Waals surface area contributed by atoms with Crippen LogP contribution in [0.4, 0.5) is 5.69 Å². The average molecular weight is 268 g/mol. The SMILES string of the molecule is O=C(C=C1C2CC3CC1CN(C3)C2)Nc1ccccc1. The highest BCUT2D eigenvalue weighted by Gasteiger charge is 2.44. The van der Waals surface area contributed by atoms with Crippen molar-refractivity contribution >= 4 is 11.6 Å². The van der Waals surface area contributed by atoms with Crippen LogP contribution >= 0.6 is 0 Å². The largest absolute Gasteiger partial charge is 0.323 e. The van der Waals surface area contributed by atoms with E-state index in [4.69, 9.17) is 0 Å². The van der Waals surface area contributed by atoms with Gasteiger partial charge in [-0.25, -0.2) is 0 Å². The molecule has 4 aliphatic rings. The average Bonchev–Trinajstić information content (AvgIpc) is 2.43. The first-order valence-corrected chi connectivity index (χ1v) is 7.58. The second-order valence-electron chi connectivity index (χ2n) is 6.45. The van der Waals surface area contributed by atoms with Crippen LogP contribution in [0.1, 0.15) is 12.8 Å². The smallest absolute Gasteiger partial charge is 0.248 e. The summed E-state index contributed by atoms with van der Waals surface area (Å²) in [5.41, 5.74) is 2.28. The van der Waals surface area contributed by atoms with Crippen LogP contribution in [-0.4, -0.2) is 30.4 Å². The molecule has 3 saturated heterocycles. The minimum atomic E-state index is 0.0358. The van der Waals surface area contributed by atoms with E-state index in [1.807, 2.05) is 36.4 Å². The molecule has 2 atom stereocenters. The zero-order valence-corrected chi connectivity index (χ0v) is 11.6. The van der Waals surface area contributed by atoms with Gasteiger partial charge in [0.2, 0.25) is 5.91 Å². The Morgan fingerprint density at radius 2 is 1.80 bits per heavy atom. The van der Waals surface area contributed by atoms with Gasteiger partial charge in [-0.15, -0.1) is 0 Å². The van der Waals surface area contributed by atoms with Crippen molar-refractivity contribution in [2.24, 2.45) is 17.8 Å². The zero-order valence-electron chi connectivity index (χ0n) is 11.6. The Bertz CT molecular complexity index is 519. The number of rotatable bonds is 2. The number of carbonyl (C=O) groups excluding carboxylic acids is 1. The highest BCUT2D eigenvalue weighted by molar-refractivity contribution is 5.99. The Balaban J connectivity index is 1.51. The number of benzene rings is 1. The molecule has 0 aromatic heterocycles. The molecule has 1 amide bonds. The fourth-order valence-electron chi connectivity index (χ4n) is 4.31. The van der Waals surface area contributed by atoms with Gasteiger partial charge < -0.3 is 10.2 Å². The number of nitrogens with one attached hydrogen (secondary N) is 1. The van der Waals surface area contributed by atoms with Crippen LogP contribution in [0, 0.1) is 17.8 Å². The molecular formula is C17H20N2O. The number of hydrogen-bond donors (Lipinski definition) is 1. The predicted molar refractivity (Wildman–Crippen MR) is 79.3 cm³/mol. The molecule has 0 spiro atoms. The van der Waals surface area contributed by atoms with Crippen molar-refractivity contribution in [3.8, 4) is 0 Å². The fraction of sp³-hybridized carbons (Fsp3) is 0.471. The van der Waals surface area contributed by atoms with E-state index in [-0.39, 0.29) is 5.91 Å². The molecule has 4 bridgehead atoms. The van der Waals surface area contributed by atoms with Gasteiger partial charge in [-0.3, -0.25) is 4.79 Å². The third-order valence-electron chi connectivity index (χ3n) is 4.99. The summed E-state index contributed by atoms with van der Waals surface area (Å²) in [7, 11) is 0. The van der Waals surface area contributed by atoms with E-state index in [0.29, 0.717) is 11.8 Å². The van der Waals surface area contributed by atoms with Gasteiger partial charge in [0.15, 0.2) is 0 Å². The quantitative estimate of drug-likeness (QED) is 0.836. The number of amides is 1. The van der Waals surface area contributed by atoms with Crippen LogP contribution in [0.15, 0.2) is 42.0 Å². The molecule has 1 saturated carbocycles. The lowest BCUT2D eigenvalue weighted by Crippen LogP contribution is -2.54. The van der Waals surface area contributed by atoms with E-state index in [1.54, 1.807) is 0 Å². The molecule has 1 aromatic carbocycles. The highest BCUT2D eigenvalue weighted by atomic mass is 16.1. The summed E-state index contributed by atoms with van der Waals surface area (Å²) >= 11 is 0. The normalized spacial score (nSPS) is 34.1. The van der Waals surface area contributed by atoms with Crippen molar-refractivity contribution in [3.63, 3.8) is 0 Å². The Labute approximate surface area is 119 Å². The molecule has 4 fully saturated rings. The summed E-state index contributed by atoms with van der Waals surface area (Å²) in [6.45, 7) is 3.62. The number of hydrogen-bond acceptors (Lipinski definition) is 2. The summed E-state index contributed by atoms with van der Waals surface area (Å²) in [6, 6.07) is 9.70. The summed E-state index contributed by atoms with van der Waals surface area (Å²) < 4.78 is 0. The van der Waals surface area contributed by atoms with Crippen molar-refractivity contribution in [1.82, 2.24) is 4.90 Å². The maximum atomic E-state index is 12.2. The van der Waals surface area contributed by atoms with Crippen LogP contribution in [0.2, 0.25) is 0 Å². The highest BCUT2D eigenvalue weighted by Crippen LogP contribution is 2.46. The van der Waals surface area contributed by atoms with E-state index >= 15 is 0 Å². The van der Waals surface area contributed by atoms with E-state index in [2.05, 4.69) is 10.2 Å². The zero-order chi connectivity index (χ0) is 13.5. The number of anilines is 1. The second-order valence-corrected chi connectivity index (χ2v) is 6.45. The van der Waals surface area contributed by atoms with Crippen LogP contribution in [0.5, 0.6) is 0 Å². The van der Waals surface area contributed by atoms with Crippen LogP contribution < -0.4 is 5.32 Å². The van der Waals surface area contributed by atoms with Crippen LogP contribution in [0.3, 0.4) is 0 Å². The van der Waals surface area contributed by atoms with Crippen molar-refractivity contribution in [3.05, 3.63) is 42.0 Å². The molecule has 2 unspecified atom stereocenters. The minimum absolute atomic E-state index is 0.0358. The molecular weight excluding hydrogens is 248 g/mol. The molecule has 0 radical (unpaired) electrons. The lowest BCUT2D eigenvalue weighted by molar-refractivity contribution is -0.112. The molecule has 3 aliphatic heterocycles. The van der Waals surface area contributed by atoms with Gasteiger partial charge in [0.1, 0.15) is 0 Å². The maximum Gasteiger partial charge on any atom is 0.248 e. The Morgan fingerprint density at radius 1 is 1.10 bits per heavy atom. The molecule has 1 aliphatic carbocycles. The number of nitrogens with zero attached hydrogens (tertiary/aromatic N) is 1. The Kier molecular flexibility index (Phi) is 2.88. The third kappa shape index (κ3) is 2.16. The van der Waals surface area contributed by atoms with Gasteiger partial charge in [-0.2, -0.15) is 0 Å². The summed E-state index contributed by atoms with van der Waals surface area (Å²) in [4.78, 5) is 14.8. The standard InChI is InChI=1S/C17H20N2O/c20-17(18-15-4-2-1-3-5-15)8-16-13-6-12-7-14(16)11-19(9-12)10-13/h1-5,8,12-14H,6-7,9-11H2,(H,18,20). The van der Waals surface area contributed by atoms with E-state index in [1.165, 1.54) is 25.0 Å². The van der Waals surface area contributed by atoms with Gasteiger partial charge in [-0.05, 0) is 42.7 Å². The Hall–Kier alpha value is -1.61. The fourth-order valence-corrected chi connectivity index (χ4v) is 4.31. The summed E-state index contributed by atoms with van der Waals surface area (Å²) in [5.74, 6) is 2.17.